The molecule has 0 bridgehead atoms. The summed E-state index contributed by atoms with van der Waals surface area (Å²) in [4.78, 5) is 25.8. The molecule has 0 unspecified atom stereocenters. The van der Waals surface area contributed by atoms with E-state index in [0.717, 1.165) is 36.0 Å². The number of nitrogen functional groups attached to an aromatic ring is 1. The number of halogens is 4. The van der Waals surface area contributed by atoms with E-state index >= 15 is 0 Å². The van der Waals surface area contributed by atoms with Crippen LogP contribution in [0.15, 0.2) is 59.2 Å². The number of carbonyl (C=O) groups excluding carboxylic acids is 1. The fourth-order valence-corrected chi connectivity index (χ4v) is 4.95. The molecule has 4 rings (SSSR count). The SMILES string of the molecule is COc1c(C(=O)Nc2cc(C(F)(F)F)ccc2N(C)CCCN(C)C)cc(Br)cc1-c1ccc2nc(N)ncc2c1. The smallest absolute Gasteiger partial charge is 0.416 e. The van der Waals surface area contributed by atoms with Crippen molar-refractivity contribution in [1.82, 2.24) is 14.9 Å². The summed E-state index contributed by atoms with van der Waals surface area (Å²) >= 11 is 3.46. The van der Waals surface area contributed by atoms with E-state index in [2.05, 4.69) is 31.2 Å². The molecular formula is C29H30BrF3N6O2. The monoisotopic (exact) mass is 630 g/mol. The third-order valence-corrected chi connectivity index (χ3v) is 6.95. The Morgan fingerprint density at radius 3 is 2.51 bits per heavy atom. The van der Waals surface area contributed by atoms with E-state index in [1.807, 2.05) is 36.0 Å². The molecule has 0 atom stereocenters. The summed E-state index contributed by atoms with van der Waals surface area (Å²) in [7, 11) is 7.11. The number of fused-ring (bicyclic) bond motifs is 1. The largest absolute Gasteiger partial charge is 0.495 e. The number of nitrogens with two attached hydrogens (primary N) is 1. The second-order valence-corrected chi connectivity index (χ2v) is 10.7. The van der Waals surface area contributed by atoms with Gasteiger partial charge in [-0.05, 0) is 75.1 Å². The first-order chi connectivity index (χ1) is 19.4. The summed E-state index contributed by atoms with van der Waals surface area (Å²) in [5.41, 5.74) is 7.45. The Bertz CT molecular complexity index is 1580. The topological polar surface area (TPSA) is 96.6 Å². The predicted octanol–water partition coefficient (Wildman–Crippen LogP) is 6.31. The van der Waals surface area contributed by atoms with E-state index in [1.54, 1.807) is 31.4 Å². The number of anilines is 3. The van der Waals surface area contributed by atoms with Crippen molar-refractivity contribution in [3.8, 4) is 16.9 Å². The Kier molecular flexibility index (Phi) is 9.03. The molecule has 8 nitrogen and oxygen atoms in total. The van der Waals surface area contributed by atoms with E-state index in [1.165, 1.54) is 13.2 Å². The Hall–Kier alpha value is -3.90. The number of ether oxygens (including phenoxy) is 1. The zero-order chi connectivity index (χ0) is 29.9. The van der Waals surface area contributed by atoms with Gasteiger partial charge in [0.1, 0.15) is 5.75 Å². The third-order valence-electron chi connectivity index (χ3n) is 6.49. The van der Waals surface area contributed by atoms with Crippen LogP contribution in [0.2, 0.25) is 0 Å². The lowest BCUT2D eigenvalue weighted by Crippen LogP contribution is -2.25. The zero-order valence-electron chi connectivity index (χ0n) is 23.0. The van der Waals surface area contributed by atoms with Crippen molar-refractivity contribution in [3.63, 3.8) is 0 Å². The minimum atomic E-state index is -4.58. The lowest BCUT2D eigenvalue weighted by molar-refractivity contribution is -0.137. The lowest BCUT2D eigenvalue weighted by atomic mass is 9.99. The number of amides is 1. The molecule has 0 saturated carbocycles. The van der Waals surface area contributed by atoms with Crippen LogP contribution in [-0.4, -0.2) is 62.1 Å². The molecule has 3 aromatic carbocycles. The highest BCUT2D eigenvalue weighted by molar-refractivity contribution is 9.10. The van der Waals surface area contributed by atoms with Gasteiger partial charge < -0.3 is 25.6 Å². The maximum atomic E-state index is 13.7. The van der Waals surface area contributed by atoms with Gasteiger partial charge in [-0.2, -0.15) is 13.2 Å². The van der Waals surface area contributed by atoms with Gasteiger partial charge in [0.05, 0.1) is 35.1 Å². The second kappa shape index (κ2) is 12.3. The number of benzene rings is 3. The molecule has 3 N–H and O–H groups in total. The highest BCUT2D eigenvalue weighted by Gasteiger charge is 2.32. The minimum Gasteiger partial charge on any atom is -0.495 e. The van der Waals surface area contributed by atoms with Crippen LogP contribution in [0.25, 0.3) is 22.0 Å². The average Bonchev–Trinajstić information content (AvgIpc) is 2.91. The predicted molar refractivity (Wildman–Crippen MR) is 159 cm³/mol. The first kappa shape index (κ1) is 30.1. The highest BCUT2D eigenvalue weighted by atomic mass is 79.9. The van der Waals surface area contributed by atoms with Gasteiger partial charge >= 0.3 is 6.18 Å². The van der Waals surface area contributed by atoms with Crippen LogP contribution in [0, 0.1) is 0 Å². The van der Waals surface area contributed by atoms with E-state index in [0.29, 0.717) is 27.8 Å². The maximum absolute atomic E-state index is 13.7. The first-order valence-electron chi connectivity index (χ1n) is 12.7. The van der Waals surface area contributed by atoms with Gasteiger partial charge in [-0.1, -0.05) is 22.0 Å². The van der Waals surface area contributed by atoms with Crippen molar-refractivity contribution in [2.75, 3.05) is 57.3 Å². The number of hydrogen-bond acceptors (Lipinski definition) is 7. The van der Waals surface area contributed by atoms with Crippen LogP contribution in [0.4, 0.5) is 30.5 Å². The summed E-state index contributed by atoms with van der Waals surface area (Å²) < 4.78 is 47.1. The van der Waals surface area contributed by atoms with Gasteiger partial charge in [-0.15, -0.1) is 0 Å². The molecule has 0 radical (unpaired) electrons. The zero-order valence-corrected chi connectivity index (χ0v) is 24.6. The fourth-order valence-electron chi connectivity index (χ4n) is 4.49. The number of hydrogen-bond donors (Lipinski definition) is 2. The molecule has 1 heterocycles. The number of nitrogens with zero attached hydrogens (tertiary/aromatic N) is 4. The summed E-state index contributed by atoms with van der Waals surface area (Å²) in [5, 5.41) is 3.44. The van der Waals surface area contributed by atoms with Gasteiger partial charge in [0, 0.05) is 35.2 Å². The molecular weight excluding hydrogens is 601 g/mol. The quantitative estimate of drug-likeness (QED) is 0.224. The molecule has 0 fully saturated rings. The molecule has 1 amide bonds. The van der Waals surface area contributed by atoms with Crippen LogP contribution in [-0.2, 0) is 6.18 Å². The van der Waals surface area contributed by atoms with Gasteiger partial charge in [0.15, 0.2) is 0 Å². The molecule has 12 heteroatoms. The van der Waals surface area contributed by atoms with Crippen molar-refractivity contribution in [1.29, 1.82) is 0 Å². The summed E-state index contributed by atoms with van der Waals surface area (Å²) in [5.74, 6) is -0.209. The van der Waals surface area contributed by atoms with Crippen LogP contribution >= 0.6 is 15.9 Å². The molecule has 216 valence electrons. The molecule has 1 aromatic heterocycles. The van der Waals surface area contributed by atoms with Gasteiger partial charge in [-0.25, -0.2) is 9.97 Å². The molecule has 0 aliphatic carbocycles. The van der Waals surface area contributed by atoms with Crippen LogP contribution < -0.4 is 20.7 Å². The summed E-state index contributed by atoms with van der Waals surface area (Å²) in [6.07, 6.45) is -2.19. The standard InChI is InChI=1S/C29H30BrF3N6O2/c1-38(2)10-5-11-39(3)25-9-7-19(29(31,32)33)13-24(25)36-27(40)22-15-20(30)14-21(26(22)41-4)17-6-8-23-18(12-17)16-35-28(34)37-23/h6-9,12-16H,5,10-11H2,1-4H3,(H,36,40)(H2,34,35,37). The van der Waals surface area contributed by atoms with E-state index in [-0.39, 0.29) is 22.9 Å². The maximum Gasteiger partial charge on any atom is 0.416 e. The van der Waals surface area contributed by atoms with Gasteiger partial charge in [-0.3, -0.25) is 4.79 Å². The molecule has 0 saturated heterocycles. The van der Waals surface area contributed by atoms with Gasteiger partial charge in [0.2, 0.25) is 5.95 Å². The van der Waals surface area contributed by atoms with Crippen LogP contribution in [0.1, 0.15) is 22.3 Å². The fraction of sp³-hybridized carbons (Fsp3) is 0.276. The molecule has 41 heavy (non-hydrogen) atoms. The Morgan fingerprint density at radius 2 is 1.83 bits per heavy atom. The molecule has 0 aliphatic rings. The molecule has 4 aromatic rings. The number of methoxy groups -OCH3 is 1. The first-order valence-corrected chi connectivity index (χ1v) is 13.5. The Balaban J connectivity index is 1.74. The van der Waals surface area contributed by atoms with Crippen LogP contribution in [0.3, 0.4) is 0 Å². The number of aromatic nitrogens is 2. The van der Waals surface area contributed by atoms with Crippen LogP contribution in [0.5, 0.6) is 5.75 Å². The molecule has 0 spiro atoms. The van der Waals surface area contributed by atoms with Crippen molar-refractivity contribution in [2.45, 2.75) is 12.6 Å². The summed E-state index contributed by atoms with van der Waals surface area (Å²) in [6.45, 7) is 1.38. The highest BCUT2D eigenvalue weighted by Crippen LogP contribution is 2.39. The van der Waals surface area contributed by atoms with Crippen molar-refractivity contribution in [3.05, 3.63) is 70.3 Å². The Labute approximate surface area is 244 Å². The average molecular weight is 631 g/mol. The third kappa shape index (κ3) is 7.06. The lowest BCUT2D eigenvalue weighted by Gasteiger charge is -2.25. The van der Waals surface area contributed by atoms with Crippen molar-refractivity contribution in [2.24, 2.45) is 0 Å². The minimum absolute atomic E-state index is 0.0428. The van der Waals surface area contributed by atoms with E-state index in [9.17, 15) is 18.0 Å². The van der Waals surface area contributed by atoms with E-state index in [4.69, 9.17) is 10.5 Å². The normalized spacial score (nSPS) is 11.6. The number of carbonyl (C=O) groups is 1. The number of rotatable bonds is 9. The molecule has 0 aliphatic heterocycles. The summed E-state index contributed by atoms with van der Waals surface area (Å²) in [6, 6.07) is 12.1. The Morgan fingerprint density at radius 1 is 1.07 bits per heavy atom. The van der Waals surface area contributed by atoms with E-state index < -0.39 is 17.6 Å². The number of nitrogens with one attached hydrogen (secondary N) is 1. The number of alkyl halides is 3. The second-order valence-electron chi connectivity index (χ2n) is 9.80. The van der Waals surface area contributed by atoms with Crippen molar-refractivity contribution < 1.29 is 22.7 Å². The van der Waals surface area contributed by atoms with Gasteiger partial charge in [0.25, 0.3) is 5.91 Å². The van der Waals surface area contributed by atoms with Crippen molar-refractivity contribution >= 4 is 50.1 Å².